The molecule has 0 saturated heterocycles. The first-order valence-electron chi connectivity index (χ1n) is 8.62. The van der Waals surface area contributed by atoms with Gasteiger partial charge in [-0.15, -0.1) is 0 Å². The molecule has 28 heavy (non-hydrogen) atoms. The summed E-state index contributed by atoms with van der Waals surface area (Å²) in [5.74, 6) is 0.918. The van der Waals surface area contributed by atoms with Gasteiger partial charge in [0.15, 0.2) is 0 Å². The number of furan rings is 1. The van der Waals surface area contributed by atoms with E-state index in [0.717, 1.165) is 28.3 Å². The molecule has 0 fully saturated rings. The molecule has 0 aliphatic rings. The Balaban J connectivity index is 1.88. The molecule has 142 valence electrons. The lowest BCUT2D eigenvalue weighted by Gasteiger charge is -2.06. The van der Waals surface area contributed by atoms with Crippen LogP contribution in [0.4, 0.5) is 0 Å². The molecule has 7 heteroatoms. The molecule has 6 nitrogen and oxygen atoms in total. The fraction of sp³-hybridized carbons (Fsp3) is 0.190. The second-order valence-electron chi connectivity index (χ2n) is 6.42. The molecule has 0 aliphatic carbocycles. The number of aryl methyl sites for hydroxylation is 2. The lowest BCUT2D eigenvalue weighted by Crippen LogP contribution is -2.18. The topological polar surface area (TPSA) is 83.3 Å². The minimum absolute atomic E-state index is 0.304. The fourth-order valence-electron chi connectivity index (χ4n) is 3.00. The molecule has 0 spiro atoms. The van der Waals surface area contributed by atoms with Crippen LogP contribution in [0.2, 0.25) is 0 Å². The lowest BCUT2D eigenvalue weighted by molar-refractivity contribution is 0.0954. The minimum atomic E-state index is -0.304. The molecule has 1 N–H and O–H groups in total. The summed E-state index contributed by atoms with van der Waals surface area (Å²) in [6.45, 7) is 7.55. The van der Waals surface area contributed by atoms with E-state index in [1.54, 1.807) is 24.4 Å². The van der Waals surface area contributed by atoms with Gasteiger partial charge in [0.05, 0.1) is 11.8 Å². The monoisotopic (exact) mass is 438 g/mol. The molecule has 0 unspecified atom stereocenters. The molecular weight excluding hydrogens is 420 g/mol. The van der Waals surface area contributed by atoms with E-state index in [1.807, 2.05) is 44.4 Å². The first kappa shape index (κ1) is 19.6. The van der Waals surface area contributed by atoms with Gasteiger partial charge in [0.2, 0.25) is 5.88 Å². The van der Waals surface area contributed by atoms with Crippen molar-refractivity contribution in [1.29, 1.82) is 5.26 Å². The van der Waals surface area contributed by atoms with Crippen LogP contribution < -0.4 is 5.43 Å². The molecule has 3 aromatic rings. The van der Waals surface area contributed by atoms with E-state index < -0.39 is 0 Å². The quantitative estimate of drug-likeness (QED) is 0.473. The Kier molecular flexibility index (Phi) is 5.52. The van der Waals surface area contributed by atoms with E-state index in [0.29, 0.717) is 21.5 Å². The predicted molar refractivity (Wildman–Crippen MR) is 111 cm³/mol. The molecule has 2 heterocycles. The Labute approximate surface area is 171 Å². The normalized spacial score (nSPS) is 11.0. The fourth-order valence-corrected chi connectivity index (χ4v) is 3.46. The maximum atomic E-state index is 12.2. The number of nitrogens with zero attached hydrogens (tertiary/aromatic N) is 3. The van der Waals surface area contributed by atoms with Crippen molar-refractivity contribution in [2.45, 2.75) is 27.7 Å². The zero-order valence-electron chi connectivity index (χ0n) is 16.0. The molecule has 1 aromatic carbocycles. The van der Waals surface area contributed by atoms with Crippen LogP contribution in [0, 0.1) is 39.0 Å². The molecule has 0 radical (unpaired) electrons. The number of nitriles is 1. The molecule has 2 aromatic heterocycles. The van der Waals surface area contributed by atoms with Crippen LogP contribution in [0.3, 0.4) is 0 Å². The van der Waals surface area contributed by atoms with Gasteiger partial charge in [-0.2, -0.15) is 10.4 Å². The third-order valence-electron chi connectivity index (χ3n) is 4.64. The molecule has 0 atom stereocenters. The van der Waals surface area contributed by atoms with Gasteiger partial charge in [0.1, 0.15) is 17.4 Å². The number of nitrogens with one attached hydrogen (secondary N) is 1. The van der Waals surface area contributed by atoms with Gasteiger partial charge >= 0.3 is 0 Å². The lowest BCUT2D eigenvalue weighted by atomic mass is 10.2. The second-order valence-corrected chi connectivity index (χ2v) is 7.27. The average Bonchev–Trinajstić information content (AvgIpc) is 3.10. The Bertz CT molecular complexity index is 1130. The Morgan fingerprint density at radius 1 is 1.29 bits per heavy atom. The number of carbonyl (C=O) groups is 1. The van der Waals surface area contributed by atoms with Crippen LogP contribution in [0.5, 0.6) is 0 Å². The van der Waals surface area contributed by atoms with E-state index in [9.17, 15) is 10.1 Å². The number of benzene rings is 1. The summed E-state index contributed by atoms with van der Waals surface area (Å²) in [5, 5.41) is 13.6. The summed E-state index contributed by atoms with van der Waals surface area (Å²) < 4.78 is 8.42. The number of amides is 1. The summed E-state index contributed by atoms with van der Waals surface area (Å²) in [7, 11) is 0. The van der Waals surface area contributed by atoms with Gasteiger partial charge in [0.25, 0.3) is 5.91 Å². The number of rotatable bonds is 4. The maximum absolute atomic E-state index is 12.2. The van der Waals surface area contributed by atoms with Crippen molar-refractivity contribution >= 4 is 28.1 Å². The molecular formula is C21H19BrN4O2. The molecule has 0 bridgehead atoms. The number of hydrazone groups is 1. The highest BCUT2D eigenvalue weighted by Gasteiger charge is 2.20. The van der Waals surface area contributed by atoms with Gasteiger partial charge in [-0.25, -0.2) is 5.43 Å². The predicted octanol–water partition coefficient (Wildman–Crippen LogP) is 4.70. The SMILES string of the molecule is Cc1oc(-n2c(C)cc(/C=N/NC(=O)c3ccccc3Br)c2C)c(C#N)c1C. The van der Waals surface area contributed by atoms with Crippen molar-refractivity contribution in [3.63, 3.8) is 0 Å². The Morgan fingerprint density at radius 2 is 2.00 bits per heavy atom. The zero-order chi connectivity index (χ0) is 20.4. The van der Waals surface area contributed by atoms with Crippen molar-refractivity contribution < 1.29 is 9.21 Å². The van der Waals surface area contributed by atoms with Crippen molar-refractivity contribution in [2.75, 3.05) is 0 Å². The van der Waals surface area contributed by atoms with Crippen LogP contribution in [0.1, 0.15) is 44.2 Å². The van der Waals surface area contributed by atoms with Crippen LogP contribution in [-0.4, -0.2) is 16.7 Å². The zero-order valence-corrected chi connectivity index (χ0v) is 17.6. The van der Waals surface area contributed by atoms with Crippen LogP contribution in [0.15, 0.2) is 44.3 Å². The first-order valence-corrected chi connectivity index (χ1v) is 9.41. The van der Waals surface area contributed by atoms with Gasteiger partial charge in [0, 0.05) is 27.0 Å². The highest BCUT2D eigenvalue weighted by molar-refractivity contribution is 9.10. The number of aromatic nitrogens is 1. The van der Waals surface area contributed by atoms with Gasteiger partial charge in [-0.3, -0.25) is 9.36 Å². The van der Waals surface area contributed by atoms with E-state index in [2.05, 4.69) is 32.5 Å². The molecule has 0 saturated carbocycles. The van der Waals surface area contributed by atoms with E-state index in [-0.39, 0.29) is 5.91 Å². The summed E-state index contributed by atoms with van der Waals surface area (Å²) >= 11 is 3.35. The third kappa shape index (κ3) is 3.51. The summed E-state index contributed by atoms with van der Waals surface area (Å²) in [6.07, 6.45) is 1.59. The van der Waals surface area contributed by atoms with Crippen LogP contribution >= 0.6 is 15.9 Å². The van der Waals surface area contributed by atoms with Crippen molar-refractivity contribution in [3.05, 3.63) is 74.2 Å². The Morgan fingerprint density at radius 3 is 2.68 bits per heavy atom. The summed E-state index contributed by atoms with van der Waals surface area (Å²) in [6, 6.07) is 11.3. The highest BCUT2D eigenvalue weighted by atomic mass is 79.9. The first-order chi connectivity index (χ1) is 13.3. The number of hydrogen-bond acceptors (Lipinski definition) is 4. The van der Waals surface area contributed by atoms with Crippen LogP contribution in [0.25, 0.3) is 5.88 Å². The Hall–Kier alpha value is -3.11. The standard InChI is InChI=1S/C21H19BrN4O2/c1-12-9-16(11-24-25-20(27)17-7-5-6-8-19(17)22)14(3)26(12)21-18(10-23)13(2)15(4)28-21/h5-9,11H,1-4H3,(H,25,27)/b24-11+. The summed E-state index contributed by atoms with van der Waals surface area (Å²) in [5.41, 5.74) is 6.98. The molecule has 1 amide bonds. The minimum Gasteiger partial charge on any atom is -0.443 e. The van der Waals surface area contributed by atoms with Crippen molar-refractivity contribution in [3.8, 4) is 12.0 Å². The van der Waals surface area contributed by atoms with E-state index >= 15 is 0 Å². The summed E-state index contributed by atoms with van der Waals surface area (Å²) in [4.78, 5) is 12.2. The van der Waals surface area contributed by atoms with Gasteiger partial charge in [-0.05, 0) is 61.8 Å². The van der Waals surface area contributed by atoms with Gasteiger partial charge in [-0.1, -0.05) is 12.1 Å². The molecule has 3 rings (SSSR count). The third-order valence-corrected chi connectivity index (χ3v) is 5.33. The number of carbonyl (C=O) groups excluding carboxylic acids is 1. The van der Waals surface area contributed by atoms with Crippen molar-refractivity contribution in [1.82, 2.24) is 9.99 Å². The number of hydrogen-bond donors (Lipinski definition) is 1. The van der Waals surface area contributed by atoms with Crippen molar-refractivity contribution in [2.24, 2.45) is 5.10 Å². The van der Waals surface area contributed by atoms with Gasteiger partial charge < -0.3 is 4.42 Å². The number of halogens is 1. The maximum Gasteiger partial charge on any atom is 0.272 e. The van der Waals surface area contributed by atoms with E-state index in [4.69, 9.17) is 4.42 Å². The van der Waals surface area contributed by atoms with Crippen LogP contribution in [-0.2, 0) is 0 Å². The van der Waals surface area contributed by atoms with E-state index in [1.165, 1.54) is 0 Å². The largest absolute Gasteiger partial charge is 0.443 e. The smallest absolute Gasteiger partial charge is 0.272 e. The highest BCUT2D eigenvalue weighted by Crippen LogP contribution is 2.28. The molecule has 0 aliphatic heterocycles. The average molecular weight is 439 g/mol. The second kappa shape index (κ2) is 7.87.